The Kier molecular flexibility index (Phi) is 5.58. The summed E-state index contributed by atoms with van der Waals surface area (Å²) < 4.78 is 42.2. The van der Waals surface area contributed by atoms with E-state index in [1.165, 1.54) is 0 Å². The van der Waals surface area contributed by atoms with Crippen molar-refractivity contribution in [1.29, 1.82) is 0 Å². The van der Waals surface area contributed by atoms with Crippen molar-refractivity contribution < 1.29 is 22.7 Å². The molecule has 5 nitrogen and oxygen atoms in total. The number of aromatic nitrogens is 1. The van der Waals surface area contributed by atoms with Gasteiger partial charge in [0, 0.05) is 31.4 Å². The molecule has 8 heteroatoms. The van der Waals surface area contributed by atoms with Gasteiger partial charge in [0.15, 0.2) is 0 Å². The molecule has 3 rings (SSSR count). The van der Waals surface area contributed by atoms with Gasteiger partial charge in [-0.3, -0.25) is 14.7 Å². The van der Waals surface area contributed by atoms with E-state index in [4.69, 9.17) is 4.74 Å². The number of amides is 1. The lowest BCUT2D eigenvalue weighted by Crippen LogP contribution is -2.42. The minimum atomic E-state index is -4.38. The molecule has 2 aliphatic rings. The Hall–Kier alpha value is -1.67. The molecule has 0 aliphatic carbocycles. The van der Waals surface area contributed by atoms with E-state index in [0.717, 1.165) is 31.6 Å². The molecule has 138 valence electrons. The van der Waals surface area contributed by atoms with Crippen LogP contribution in [0.15, 0.2) is 24.5 Å². The molecular weight excluding hydrogens is 335 g/mol. The van der Waals surface area contributed by atoms with Gasteiger partial charge < -0.3 is 10.1 Å². The van der Waals surface area contributed by atoms with Gasteiger partial charge in [-0.1, -0.05) is 6.07 Å². The molecule has 3 atom stereocenters. The van der Waals surface area contributed by atoms with E-state index in [9.17, 15) is 18.0 Å². The molecule has 2 aliphatic heterocycles. The number of fused-ring (bicyclic) bond motifs is 1. The summed E-state index contributed by atoms with van der Waals surface area (Å²) >= 11 is 0. The SMILES string of the molecule is O=C(C[C@@H]1OC[C@H]2CN(Cc3cccnc3)CC[C@H]21)NCC(F)(F)F. The van der Waals surface area contributed by atoms with Crippen LogP contribution in [0, 0.1) is 11.8 Å². The highest BCUT2D eigenvalue weighted by Gasteiger charge is 2.41. The van der Waals surface area contributed by atoms with Crippen molar-refractivity contribution in [2.75, 3.05) is 26.2 Å². The normalized spacial score (nSPS) is 27.1. The fourth-order valence-electron chi connectivity index (χ4n) is 3.72. The Labute approximate surface area is 144 Å². The molecule has 0 radical (unpaired) electrons. The summed E-state index contributed by atoms with van der Waals surface area (Å²) in [4.78, 5) is 18.2. The number of halogens is 3. The summed E-state index contributed by atoms with van der Waals surface area (Å²) in [6, 6.07) is 3.95. The quantitative estimate of drug-likeness (QED) is 0.876. The summed E-state index contributed by atoms with van der Waals surface area (Å²) in [7, 11) is 0. The average molecular weight is 357 g/mol. The number of carbonyl (C=O) groups is 1. The van der Waals surface area contributed by atoms with Crippen LogP contribution < -0.4 is 5.32 Å². The number of alkyl halides is 3. The summed E-state index contributed by atoms with van der Waals surface area (Å²) in [5, 5.41) is 1.93. The number of likely N-dealkylation sites (tertiary alicyclic amines) is 1. The van der Waals surface area contributed by atoms with Crippen molar-refractivity contribution in [3.8, 4) is 0 Å². The number of hydrogen-bond acceptors (Lipinski definition) is 4. The van der Waals surface area contributed by atoms with E-state index < -0.39 is 18.6 Å². The average Bonchev–Trinajstić information content (AvgIpc) is 2.95. The number of nitrogens with one attached hydrogen (secondary N) is 1. The third kappa shape index (κ3) is 5.15. The van der Waals surface area contributed by atoms with Crippen LogP contribution >= 0.6 is 0 Å². The number of carbonyl (C=O) groups excluding carboxylic acids is 1. The molecule has 1 aromatic heterocycles. The number of pyridine rings is 1. The lowest BCUT2D eigenvalue weighted by atomic mass is 9.83. The second kappa shape index (κ2) is 7.70. The van der Waals surface area contributed by atoms with Gasteiger partial charge in [0.1, 0.15) is 6.54 Å². The highest BCUT2D eigenvalue weighted by molar-refractivity contribution is 5.76. The van der Waals surface area contributed by atoms with Gasteiger partial charge >= 0.3 is 6.18 Å². The van der Waals surface area contributed by atoms with Gasteiger partial charge in [-0.25, -0.2) is 0 Å². The molecule has 0 spiro atoms. The Morgan fingerprint density at radius 2 is 2.28 bits per heavy atom. The standard InChI is InChI=1S/C17H22F3N3O2/c18-17(19,20)11-22-16(24)6-15-14-3-5-23(9-13(14)10-25-15)8-12-2-1-4-21-7-12/h1-2,4,7,13-15H,3,5-6,8-11H2,(H,22,24)/t13-,14-,15+/m1/s1. The van der Waals surface area contributed by atoms with Crippen LogP contribution in [0.4, 0.5) is 13.2 Å². The first kappa shape index (κ1) is 18.1. The minimum Gasteiger partial charge on any atom is -0.377 e. The number of rotatable bonds is 5. The van der Waals surface area contributed by atoms with Crippen molar-refractivity contribution in [2.45, 2.75) is 31.7 Å². The van der Waals surface area contributed by atoms with Gasteiger partial charge in [-0.05, 0) is 30.5 Å². The number of piperidine rings is 1. The first-order valence-electron chi connectivity index (χ1n) is 8.47. The van der Waals surface area contributed by atoms with E-state index >= 15 is 0 Å². The molecule has 0 bridgehead atoms. The van der Waals surface area contributed by atoms with Gasteiger partial charge in [0.05, 0.1) is 19.1 Å². The van der Waals surface area contributed by atoms with Crippen LogP contribution in [0.25, 0.3) is 0 Å². The van der Waals surface area contributed by atoms with Crippen molar-refractivity contribution in [1.82, 2.24) is 15.2 Å². The molecule has 25 heavy (non-hydrogen) atoms. The van der Waals surface area contributed by atoms with Gasteiger partial charge in [0.2, 0.25) is 5.91 Å². The number of hydrogen-bond donors (Lipinski definition) is 1. The molecule has 1 aromatic rings. The molecule has 3 heterocycles. The summed E-state index contributed by atoms with van der Waals surface area (Å²) in [5.41, 5.74) is 1.16. The van der Waals surface area contributed by atoms with Crippen LogP contribution in [0.1, 0.15) is 18.4 Å². The third-order valence-corrected chi connectivity index (χ3v) is 4.88. The van der Waals surface area contributed by atoms with E-state index in [1.54, 1.807) is 6.20 Å². The van der Waals surface area contributed by atoms with Gasteiger partial charge in [-0.2, -0.15) is 13.2 Å². The zero-order chi connectivity index (χ0) is 17.9. The van der Waals surface area contributed by atoms with E-state index in [-0.39, 0.29) is 18.4 Å². The van der Waals surface area contributed by atoms with Crippen LogP contribution in [0.5, 0.6) is 0 Å². The monoisotopic (exact) mass is 357 g/mol. The molecular formula is C17H22F3N3O2. The van der Waals surface area contributed by atoms with Crippen molar-refractivity contribution in [3.63, 3.8) is 0 Å². The molecule has 1 amide bonds. The first-order chi connectivity index (χ1) is 11.9. The fraction of sp³-hybridized carbons (Fsp3) is 0.647. The summed E-state index contributed by atoms with van der Waals surface area (Å²) in [5.74, 6) is -0.0339. The molecule has 2 saturated heterocycles. The van der Waals surface area contributed by atoms with Gasteiger partial charge in [0.25, 0.3) is 0 Å². The maximum Gasteiger partial charge on any atom is 0.405 e. The Morgan fingerprint density at radius 1 is 1.44 bits per heavy atom. The zero-order valence-electron chi connectivity index (χ0n) is 13.8. The largest absolute Gasteiger partial charge is 0.405 e. The molecule has 0 saturated carbocycles. The highest BCUT2D eigenvalue weighted by atomic mass is 19.4. The van der Waals surface area contributed by atoms with Crippen LogP contribution in [0.3, 0.4) is 0 Å². The zero-order valence-corrected chi connectivity index (χ0v) is 13.8. The molecule has 0 unspecified atom stereocenters. The van der Waals surface area contributed by atoms with Crippen molar-refractivity contribution in [2.24, 2.45) is 11.8 Å². The number of nitrogens with zero attached hydrogens (tertiary/aromatic N) is 2. The Morgan fingerprint density at radius 3 is 3.00 bits per heavy atom. The molecule has 2 fully saturated rings. The maximum atomic E-state index is 12.2. The smallest absolute Gasteiger partial charge is 0.377 e. The Balaban J connectivity index is 1.47. The Bertz CT molecular complexity index is 582. The van der Waals surface area contributed by atoms with Crippen LogP contribution in [0.2, 0.25) is 0 Å². The molecule has 0 aromatic carbocycles. The van der Waals surface area contributed by atoms with Crippen LogP contribution in [-0.4, -0.2) is 54.3 Å². The highest BCUT2D eigenvalue weighted by Crippen LogP contribution is 2.36. The van der Waals surface area contributed by atoms with Crippen molar-refractivity contribution >= 4 is 5.91 Å². The predicted octanol–water partition coefficient (Wildman–Crippen LogP) is 1.99. The van der Waals surface area contributed by atoms with Crippen molar-refractivity contribution in [3.05, 3.63) is 30.1 Å². The maximum absolute atomic E-state index is 12.2. The van der Waals surface area contributed by atoms with Crippen LogP contribution in [-0.2, 0) is 16.1 Å². The first-order valence-corrected chi connectivity index (χ1v) is 8.47. The molecule has 1 N–H and O–H groups in total. The third-order valence-electron chi connectivity index (χ3n) is 4.88. The second-order valence-corrected chi connectivity index (χ2v) is 6.78. The lowest BCUT2D eigenvalue weighted by Gasteiger charge is -2.35. The van der Waals surface area contributed by atoms with Gasteiger partial charge in [-0.15, -0.1) is 0 Å². The minimum absolute atomic E-state index is 0.000147. The summed E-state index contributed by atoms with van der Waals surface area (Å²) in [6.45, 7) is 1.87. The van der Waals surface area contributed by atoms with E-state index in [1.807, 2.05) is 23.6 Å². The van der Waals surface area contributed by atoms with E-state index in [0.29, 0.717) is 12.5 Å². The van der Waals surface area contributed by atoms with E-state index in [2.05, 4.69) is 9.88 Å². The topological polar surface area (TPSA) is 54.5 Å². The summed E-state index contributed by atoms with van der Waals surface area (Å²) in [6.07, 6.45) is -0.173. The fourth-order valence-corrected chi connectivity index (χ4v) is 3.72. The number of ether oxygens (including phenoxy) is 1. The lowest BCUT2D eigenvalue weighted by molar-refractivity contribution is -0.140. The predicted molar refractivity (Wildman–Crippen MR) is 84.5 cm³/mol. The second-order valence-electron chi connectivity index (χ2n) is 6.78.